The van der Waals surface area contributed by atoms with Crippen LogP contribution in [0, 0.1) is 22.7 Å². The number of nitrogens with zero attached hydrogens (tertiary/aromatic N) is 1. The van der Waals surface area contributed by atoms with Gasteiger partial charge in [-0.2, -0.15) is 4.91 Å². The molecule has 2 atom stereocenters. The van der Waals surface area contributed by atoms with Gasteiger partial charge >= 0.3 is 0 Å². The van der Waals surface area contributed by atoms with Gasteiger partial charge in [-0.25, -0.2) is 0 Å². The Morgan fingerprint density at radius 1 is 1.57 bits per heavy atom. The molecule has 2 aliphatic carbocycles. The topological polar surface area (TPSA) is 29.4 Å². The number of nitroso groups, excluding NO2 is 1. The van der Waals surface area contributed by atoms with Gasteiger partial charge in [0.1, 0.15) is 0 Å². The van der Waals surface area contributed by atoms with Gasteiger partial charge in [-0.1, -0.05) is 5.18 Å². The summed E-state index contributed by atoms with van der Waals surface area (Å²) in [5.41, 5.74) is 0. The highest BCUT2D eigenvalue weighted by Crippen LogP contribution is 2.68. The smallest absolute Gasteiger partial charge is 0.0844 e. The van der Waals surface area contributed by atoms with Crippen LogP contribution in [0.15, 0.2) is 5.18 Å². The van der Waals surface area contributed by atoms with Gasteiger partial charge in [-0.05, 0) is 24.2 Å². The molecule has 0 aromatic carbocycles. The van der Waals surface area contributed by atoms with Crippen LogP contribution < -0.4 is 0 Å². The molecule has 2 nitrogen and oxygen atoms in total. The Hall–Kier alpha value is -0.400. The highest BCUT2D eigenvalue weighted by molar-refractivity contribution is 5.12. The predicted octanol–water partition coefficient (Wildman–Crippen LogP) is 1.02. The molecule has 0 heterocycles. The van der Waals surface area contributed by atoms with E-state index in [1.165, 1.54) is 6.42 Å². The average molecular weight is 97.1 g/mol. The number of hydrogen-bond acceptors (Lipinski definition) is 2. The van der Waals surface area contributed by atoms with Crippen molar-refractivity contribution in [3.05, 3.63) is 4.91 Å². The second-order valence-electron chi connectivity index (χ2n) is 2.54. The normalized spacial score (nSPS) is 52.9. The van der Waals surface area contributed by atoms with Crippen molar-refractivity contribution in [2.24, 2.45) is 22.9 Å². The predicted molar refractivity (Wildman–Crippen MR) is 25.7 cm³/mol. The molecule has 0 aromatic heterocycles. The molecular formula is C5H7NO. The van der Waals surface area contributed by atoms with Gasteiger partial charge in [0.15, 0.2) is 0 Å². The lowest BCUT2D eigenvalue weighted by Gasteiger charge is -1.89. The molecule has 2 rings (SSSR count). The SMILES string of the molecule is O=NCC1C2CC12. The van der Waals surface area contributed by atoms with E-state index in [0.29, 0.717) is 6.54 Å². The first-order valence-electron chi connectivity index (χ1n) is 2.72. The Balaban J connectivity index is 1.81. The zero-order valence-corrected chi connectivity index (χ0v) is 4.00. The van der Waals surface area contributed by atoms with Crippen LogP contribution >= 0.6 is 0 Å². The summed E-state index contributed by atoms with van der Waals surface area (Å²) >= 11 is 0. The highest BCUT2D eigenvalue weighted by atomic mass is 16.3. The van der Waals surface area contributed by atoms with E-state index in [1.807, 2.05) is 0 Å². The maximum absolute atomic E-state index is 9.57. The molecule has 0 aliphatic heterocycles. The van der Waals surface area contributed by atoms with Crippen molar-refractivity contribution in [1.29, 1.82) is 0 Å². The molecule has 2 heteroatoms. The fraction of sp³-hybridized carbons (Fsp3) is 1.00. The third kappa shape index (κ3) is 0.340. The second-order valence-corrected chi connectivity index (χ2v) is 2.54. The van der Waals surface area contributed by atoms with Gasteiger partial charge in [-0.15, -0.1) is 0 Å². The third-order valence-corrected chi connectivity index (χ3v) is 2.14. The summed E-state index contributed by atoms with van der Waals surface area (Å²) in [4.78, 5) is 9.57. The largest absolute Gasteiger partial charge is 0.151 e. The fourth-order valence-electron chi connectivity index (χ4n) is 1.27. The maximum Gasteiger partial charge on any atom is 0.0844 e. The standard InChI is InChI=1S/C5H7NO/c7-6-2-5-3-1-4(3)5/h3-5H,1-2H2. The first-order chi connectivity index (χ1) is 3.43. The molecular weight excluding hydrogens is 90.1 g/mol. The minimum Gasteiger partial charge on any atom is -0.151 e. The Kier molecular flexibility index (Phi) is 0.451. The molecule has 0 saturated heterocycles. The van der Waals surface area contributed by atoms with E-state index in [1.54, 1.807) is 0 Å². The van der Waals surface area contributed by atoms with E-state index in [-0.39, 0.29) is 0 Å². The Bertz CT molecular complexity index is 105. The van der Waals surface area contributed by atoms with Crippen molar-refractivity contribution in [2.75, 3.05) is 6.54 Å². The first kappa shape index (κ1) is 3.58. The van der Waals surface area contributed by atoms with Crippen molar-refractivity contribution in [3.63, 3.8) is 0 Å². The van der Waals surface area contributed by atoms with Gasteiger partial charge in [0.25, 0.3) is 0 Å². The Labute approximate surface area is 41.9 Å². The lowest BCUT2D eigenvalue weighted by molar-refractivity contribution is 0.625. The van der Waals surface area contributed by atoms with Crippen molar-refractivity contribution in [2.45, 2.75) is 6.42 Å². The summed E-state index contributed by atoms with van der Waals surface area (Å²) in [6.07, 6.45) is 1.39. The van der Waals surface area contributed by atoms with E-state index in [2.05, 4.69) is 5.18 Å². The quantitative estimate of drug-likeness (QED) is 0.473. The van der Waals surface area contributed by atoms with Crippen LogP contribution in [0.5, 0.6) is 0 Å². The van der Waals surface area contributed by atoms with E-state index in [9.17, 15) is 4.91 Å². The van der Waals surface area contributed by atoms with Gasteiger partial charge in [0.2, 0.25) is 0 Å². The zero-order valence-electron chi connectivity index (χ0n) is 4.00. The molecule has 2 saturated carbocycles. The third-order valence-electron chi connectivity index (χ3n) is 2.14. The van der Waals surface area contributed by atoms with E-state index < -0.39 is 0 Å². The molecule has 2 unspecified atom stereocenters. The van der Waals surface area contributed by atoms with Crippen molar-refractivity contribution in [1.82, 2.24) is 0 Å². The van der Waals surface area contributed by atoms with Crippen LogP contribution in [-0.2, 0) is 0 Å². The molecule has 0 bridgehead atoms. The average Bonchev–Trinajstić information content (AvgIpc) is 2.41. The number of hydrogen-bond donors (Lipinski definition) is 0. The van der Waals surface area contributed by atoms with Crippen LogP contribution in [0.25, 0.3) is 0 Å². The van der Waals surface area contributed by atoms with Crippen LogP contribution in [0.2, 0.25) is 0 Å². The van der Waals surface area contributed by atoms with E-state index in [4.69, 9.17) is 0 Å². The van der Waals surface area contributed by atoms with Gasteiger partial charge in [0.05, 0.1) is 6.54 Å². The minimum atomic E-state index is 0.593. The molecule has 7 heavy (non-hydrogen) atoms. The lowest BCUT2D eigenvalue weighted by atomic mass is 10.2. The summed E-state index contributed by atoms with van der Waals surface area (Å²) < 4.78 is 0. The second kappa shape index (κ2) is 0.881. The first-order valence-corrected chi connectivity index (χ1v) is 2.72. The summed E-state index contributed by atoms with van der Waals surface area (Å²) in [7, 11) is 0. The summed E-state index contributed by atoms with van der Waals surface area (Å²) in [6.45, 7) is 0.593. The minimum absolute atomic E-state index is 0.593. The van der Waals surface area contributed by atoms with Crippen LogP contribution in [-0.4, -0.2) is 6.54 Å². The molecule has 2 aliphatic rings. The molecule has 0 amide bonds. The Morgan fingerprint density at radius 2 is 2.29 bits per heavy atom. The monoisotopic (exact) mass is 97.1 g/mol. The van der Waals surface area contributed by atoms with Crippen molar-refractivity contribution < 1.29 is 0 Å². The lowest BCUT2D eigenvalue weighted by Crippen LogP contribution is -1.90. The van der Waals surface area contributed by atoms with E-state index >= 15 is 0 Å². The van der Waals surface area contributed by atoms with Gasteiger partial charge in [0, 0.05) is 0 Å². The maximum atomic E-state index is 9.57. The summed E-state index contributed by atoms with van der Waals surface area (Å²) in [6, 6.07) is 0. The Morgan fingerprint density at radius 3 is 2.43 bits per heavy atom. The number of fused-ring (bicyclic) bond motifs is 1. The molecule has 0 spiro atoms. The molecule has 0 aromatic rings. The van der Waals surface area contributed by atoms with Crippen LogP contribution in [0.3, 0.4) is 0 Å². The fourth-order valence-corrected chi connectivity index (χ4v) is 1.27. The van der Waals surface area contributed by atoms with E-state index in [0.717, 1.165) is 17.8 Å². The van der Waals surface area contributed by atoms with Crippen LogP contribution in [0.4, 0.5) is 0 Å². The molecule has 0 N–H and O–H groups in total. The van der Waals surface area contributed by atoms with Gasteiger partial charge in [-0.3, -0.25) is 0 Å². The molecule has 2 fully saturated rings. The zero-order chi connectivity index (χ0) is 4.85. The molecule has 38 valence electrons. The number of rotatable bonds is 2. The van der Waals surface area contributed by atoms with Gasteiger partial charge < -0.3 is 0 Å². The van der Waals surface area contributed by atoms with Crippen LogP contribution in [0.1, 0.15) is 6.42 Å². The molecule has 0 radical (unpaired) electrons. The van der Waals surface area contributed by atoms with Crippen molar-refractivity contribution in [3.8, 4) is 0 Å². The van der Waals surface area contributed by atoms with Crippen molar-refractivity contribution >= 4 is 0 Å². The summed E-state index contributed by atoms with van der Waals surface area (Å²) in [5.74, 6) is 2.62. The highest BCUT2D eigenvalue weighted by Gasteiger charge is 2.63. The summed E-state index contributed by atoms with van der Waals surface area (Å²) in [5, 5.41) is 2.83.